The Morgan fingerprint density at radius 3 is 2.57 bits per heavy atom. The second-order valence-electron chi connectivity index (χ2n) is 6.91. The van der Waals surface area contributed by atoms with E-state index in [0.717, 1.165) is 5.56 Å². The maximum atomic E-state index is 13.8. The highest BCUT2D eigenvalue weighted by Crippen LogP contribution is 2.25. The summed E-state index contributed by atoms with van der Waals surface area (Å²) in [7, 11) is 1.45. The zero-order valence-corrected chi connectivity index (χ0v) is 17.8. The van der Waals surface area contributed by atoms with Crippen LogP contribution in [0.2, 0.25) is 10.0 Å². The van der Waals surface area contributed by atoms with E-state index < -0.39 is 23.0 Å². The van der Waals surface area contributed by atoms with Gasteiger partial charge in [-0.25, -0.2) is 4.39 Å². The first-order valence-electron chi connectivity index (χ1n) is 9.10. The number of aromatic hydroxyl groups is 1. The van der Waals surface area contributed by atoms with Crippen molar-refractivity contribution in [2.45, 2.75) is 13.3 Å². The second kappa shape index (κ2) is 8.90. The smallest absolute Gasteiger partial charge is 0.293 e. The van der Waals surface area contributed by atoms with Gasteiger partial charge in [0, 0.05) is 29.2 Å². The molecular weight excluding hydrogens is 430 g/mol. The molecule has 1 heterocycles. The summed E-state index contributed by atoms with van der Waals surface area (Å²) in [6.07, 6.45) is 0.434. The lowest BCUT2D eigenvalue weighted by Gasteiger charge is -2.14. The number of pyridine rings is 1. The summed E-state index contributed by atoms with van der Waals surface area (Å²) in [5.41, 5.74) is 1.26. The van der Waals surface area contributed by atoms with Crippen molar-refractivity contribution in [3.05, 3.63) is 85.4 Å². The number of aryl methyl sites for hydroxylation is 1. The van der Waals surface area contributed by atoms with E-state index in [0.29, 0.717) is 33.3 Å². The van der Waals surface area contributed by atoms with Gasteiger partial charge in [-0.3, -0.25) is 9.59 Å². The predicted octanol–water partition coefficient (Wildman–Crippen LogP) is 4.48. The van der Waals surface area contributed by atoms with Crippen LogP contribution in [0.5, 0.6) is 5.75 Å². The van der Waals surface area contributed by atoms with Crippen LogP contribution < -0.4 is 10.9 Å². The minimum Gasteiger partial charge on any atom is -0.502 e. The normalized spacial score (nSPS) is 10.8. The summed E-state index contributed by atoms with van der Waals surface area (Å²) in [6, 6.07) is 10.8. The van der Waals surface area contributed by atoms with Crippen molar-refractivity contribution >= 4 is 29.1 Å². The first-order valence-corrected chi connectivity index (χ1v) is 9.85. The van der Waals surface area contributed by atoms with E-state index in [1.165, 1.54) is 29.8 Å². The molecule has 0 radical (unpaired) electrons. The number of nitrogens with zero attached hydrogens (tertiary/aromatic N) is 1. The lowest BCUT2D eigenvalue weighted by molar-refractivity contribution is 0.0951. The summed E-state index contributed by atoms with van der Waals surface area (Å²) in [4.78, 5) is 25.1. The molecular formula is C22H19Cl2FN2O3. The number of carbonyl (C=O) groups is 1. The molecule has 156 valence electrons. The zero-order valence-electron chi connectivity index (χ0n) is 16.3. The Morgan fingerprint density at radius 2 is 1.90 bits per heavy atom. The number of hydrogen-bond acceptors (Lipinski definition) is 3. The average molecular weight is 449 g/mol. The van der Waals surface area contributed by atoms with Crippen LogP contribution in [0.3, 0.4) is 0 Å². The largest absolute Gasteiger partial charge is 0.502 e. The highest BCUT2D eigenvalue weighted by atomic mass is 35.5. The molecule has 2 aromatic carbocycles. The van der Waals surface area contributed by atoms with E-state index in [9.17, 15) is 19.1 Å². The van der Waals surface area contributed by atoms with Crippen molar-refractivity contribution in [3.8, 4) is 17.0 Å². The highest BCUT2D eigenvalue weighted by molar-refractivity contribution is 6.35. The van der Waals surface area contributed by atoms with Crippen molar-refractivity contribution < 1.29 is 14.3 Å². The Morgan fingerprint density at radius 1 is 1.17 bits per heavy atom. The van der Waals surface area contributed by atoms with Gasteiger partial charge in [-0.05, 0) is 60.9 Å². The van der Waals surface area contributed by atoms with Gasteiger partial charge < -0.3 is 15.0 Å². The van der Waals surface area contributed by atoms with Crippen molar-refractivity contribution in [2.75, 3.05) is 6.54 Å². The Labute approximate surface area is 182 Å². The summed E-state index contributed by atoms with van der Waals surface area (Å²) in [5.74, 6) is -1.75. The molecule has 30 heavy (non-hydrogen) atoms. The highest BCUT2D eigenvalue weighted by Gasteiger charge is 2.19. The molecule has 0 aliphatic rings. The maximum absolute atomic E-state index is 13.8. The molecule has 8 heteroatoms. The molecule has 0 saturated heterocycles. The molecule has 2 N–H and O–H groups in total. The van der Waals surface area contributed by atoms with Crippen LogP contribution in [-0.4, -0.2) is 22.1 Å². The third kappa shape index (κ3) is 4.66. The number of benzene rings is 2. The number of halogens is 3. The van der Waals surface area contributed by atoms with Gasteiger partial charge >= 0.3 is 0 Å². The summed E-state index contributed by atoms with van der Waals surface area (Å²) < 4.78 is 15.0. The van der Waals surface area contributed by atoms with Gasteiger partial charge in [-0.15, -0.1) is 0 Å². The third-order valence-corrected chi connectivity index (χ3v) is 5.27. The second-order valence-corrected chi connectivity index (χ2v) is 7.76. The van der Waals surface area contributed by atoms with Gasteiger partial charge in [0.15, 0.2) is 5.75 Å². The number of carbonyl (C=O) groups excluding carboxylic acids is 1. The van der Waals surface area contributed by atoms with E-state index in [-0.39, 0.29) is 12.1 Å². The Hall–Kier alpha value is -2.83. The molecule has 0 saturated carbocycles. The molecule has 0 spiro atoms. The fourth-order valence-electron chi connectivity index (χ4n) is 3.15. The van der Waals surface area contributed by atoms with Gasteiger partial charge in [-0.1, -0.05) is 29.3 Å². The number of amides is 1. The lowest BCUT2D eigenvalue weighted by Crippen LogP contribution is -2.29. The Bertz CT molecular complexity index is 1170. The Kier molecular flexibility index (Phi) is 6.48. The van der Waals surface area contributed by atoms with Crippen LogP contribution >= 0.6 is 23.2 Å². The van der Waals surface area contributed by atoms with Crippen LogP contribution in [0.15, 0.2) is 47.3 Å². The zero-order chi connectivity index (χ0) is 22.0. The molecule has 5 nitrogen and oxygen atoms in total. The fraction of sp³-hybridized carbons (Fsp3) is 0.182. The summed E-state index contributed by atoms with van der Waals surface area (Å²) in [6.45, 7) is 1.95. The van der Waals surface area contributed by atoms with Gasteiger partial charge in [0.1, 0.15) is 5.82 Å². The quantitative estimate of drug-likeness (QED) is 0.603. The van der Waals surface area contributed by atoms with Crippen LogP contribution in [0.1, 0.15) is 21.5 Å². The van der Waals surface area contributed by atoms with E-state index in [4.69, 9.17) is 23.2 Å². The third-order valence-electron chi connectivity index (χ3n) is 4.68. The topological polar surface area (TPSA) is 71.3 Å². The number of hydrogen-bond donors (Lipinski definition) is 2. The van der Waals surface area contributed by atoms with Crippen molar-refractivity contribution in [1.29, 1.82) is 0 Å². The monoisotopic (exact) mass is 448 g/mol. The van der Waals surface area contributed by atoms with Gasteiger partial charge in [0.2, 0.25) is 0 Å². The van der Waals surface area contributed by atoms with Gasteiger partial charge in [0.25, 0.3) is 11.5 Å². The SMILES string of the molecule is Cc1cc(F)cc(-c2cc(C(=O)NCCc3ccc(Cl)cc3Cl)c(O)c(=O)n2C)c1. The first-order chi connectivity index (χ1) is 14.2. The number of nitrogens with one attached hydrogen (secondary N) is 1. The number of aromatic nitrogens is 1. The standard InChI is InChI=1S/C22H19Cl2FN2O3/c1-12-7-14(9-16(25)8-12)19-11-17(20(28)22(30)27(19)2)21(29)26-6-5-13-3-4-15(23)10-18(13)24/h3-4,7-11,28H,5-6H2,1-2H3,(H,26,29). The molecule has 0 aliphatic carbocycles. The maximum Gasteiger partial charge on any atom is 0.293 e. The van der Waals surface area contributed by atoms with Crippen LogP contribution in [0.4, 0.5) is 4.39 Å². The van der Waals surface area contributed by atoms with Crippen LogP contribution in [0.25, 0.3) is 11.3 Å². The van der Waals surface area contributed by atoms with Crippen LogP contribution in [-0.2, 0) is 13.5 Å². The van der Waals surface area contributed by atoms with E-state index in [2.05, 4.69) is 5.32 Å². The average Bonchev–Trinajstić information content (AvgIpc) is 2.67. The summed E-state index contributed by atoms with van der Waals surface area (Å²) in [5, 5.41) is 13.9. The van der Waals surface area contributed by atoms with E-state index >= 15 is 0 Å². The molecule has 3 aromatic rings. The van der Waals surface area contributed by atoms with Crippen molar-refractivity contribution in [1.82, 2.24) is 9.88 Å². The number of rotatable bonds is 5. The molecule has 1 aromatic heterocycles. The molecule has 0 aliphatic heterocycles. The molecule has 0 fully saturated rings. The predicted molar refractivity (Wildman–Crippen MR) is 116 cm³/mol. The molecule has 0 atom stereocenters. The molecule has 0 bridgehead atoms. The summed E-state index contributed by atoms with van der Waals surface area (Å²) >= 11 is 12.0. The molecule has 0 unspecified atom stereocenters. The molecule has 3 rings (SSSR count). The Balaban J connectivity index is 1.87. The molecule has 1 amide bonds. The fourth-order valence-corrected chi connectivity index (χ4v) is 3.65. The van der Waals surface area contributed by atoms with E-state index in [1.54, 1.807) is 31.2 Å². The van der Waals surface area contributed by atoms with Crippen LogP contribution in [0, 0.1) is 12.7 Å². The van der Waals surface area contributed by atoms with Gasteiger partial charge in [0.05, 0.1) is 11.3 Å². The lowest BCUT2D eigenvalue weighted by atomic mass is 10.0. The van der Waals surface area contributed by atoms with Crippen molar-refractivity contribution in [2.24, 2.45) is 7.05 Å². The van der Waals surface area contributed by atoms with Crippen molar-refractivity contribution in [3.63, 3.8) is 0 Å². The minimum atomic E-state index is -0.750. The van der Waals surface area contributed by atoms with E-state index in [1.807, 2.05) is 0 Å². The van der Waals surface area contributed by atoms with Gasteiger partial charge in [-0.2, -0.15) is 0 Å². The first kappa shape index (κ1) is 21.9. The minimum absolute atomic E-state index is 0.183.